The van der Waals surface area contributed by atoms with E-state index in [0.717, 1.165) is 13.1 Å². The van der Waals surface area contributed by atoms with Crippen LogP contribution in [0.25, 0.3) is 0 Å². The molecule has 1 N–H and O–H groups in total. The van der Waals surface area contributed by atoms with Crippen LogP contribution in [0.15, 0.2) is 12.4 Å². The van der Waals surface area contributed by atoms with E-state index in [2.05, 4.69) is 29.1 Å². The van der Waals surface area contributed by atoms with Gasteiger partial charge in [-0.1, -0.05) is 13.8 Å². The Hall–Kier alpha value is -2.18. The van der Waals surface area contributed by atoms with E-state index in [9.17, 15) is 9.59 Å². The maximum absolute atomic E-state index is 12.9. The number of aromatic nitrogens is 2. The zero-order valence-corrected chi connectivity index (χ0v) is 15.9. The number of rotatable bonds is 6. The van der Waals surface area contributed by atoms with Gasteiger partial charge in [-0.15, -0.1) is 0 Å². The van der Waals surface area contributed by atoms with Crippen LogP contribution in [-0.2, 0) is 4.79 Å². The molecule has 7 nitrogen and oxygen atoms in total. The number of carbonyl (C=O) groups excluding carboxylic acids is 2. The second kappa shape index (κ2) is 8.01. The third kappa shape index (κ3) is 4.31. The third-order valence-corrected chi connectivity index (χ3v) is 5.17. The summed E-state index contributed by atoms with van der Waals surface area (Å²) < 4.78 is 0. The Bertz CT molecular complexity index is 642. The first-order valence-electron chi connectivity index (χ1n) is 9.64. The molecule has 1 unspecified atom stereocenters. The van der Waals surface area contributed by atoms with E-state index >= 15 is 0 Å². The molecule has 0 spiro atoms. The van der Waals surface area contributed by atoms with E-state index in [1.165, 1.54) is 12.8 Å². The highest BCUT2D eigenvalue weighted by Gasteiger charge is 2.36. The molecule has 0 radical (unpaired) electrons. The normalized spacial score (nSPS) is 21.1. The molecule has 2 fully saturated rings. The quantitative estimate of drug-likeness (QED) is 0.841. The van der Waals surface area contributed by atoms with Gasteiger partial charge in [-0.25, -0.2) is 9.97 Å². The number of nitrogens with zero attached hydrogens (tertiary/aromatic N) is 4. The van der Waals surface area contributed by atoms with E-state index in [1.807, 2.05) is 11.8 Å². The number of anilines is 1. The van der Waals surface area contributed by atoms with Gasteiger partial charge in [-0.3, -0.25) is 9.59 Å². The Morgan fingerprint density at radius 1 is 1.31 bits per heavy atom. The van der Waals surface area contributed by atoms with Crippen LogP contribution in [0.3, 0.4) is 0 Å². The van der Waals surface area contributed by atoms with E-state index in [4.69, 9.17) is 0 Å². The number of hydrogen-bond acceptors (Lipinski definition) is 5. The van der Waals surface area contributed by atoms with Gasteiger partial charge in [0.1, 0.15) is 0 Å². The molecule has 0 aromatic carbocycles. The molecule has 1 aliphatic heterocycles. The smallest absolute Gasteiger partial charge is 0.257 e. The second-order valence-electron chi connectivity index (χ2n) is 7.63. The molecular formula is C19H29N5O2. The Kier molecular flexibility index (Phi) is 5.74. The highest BCUT2D eigenvalue weighted by Crippen LogP contribution is 2.32. The van der Waals surface area contributed by atoms with Crippen LogP contribution in [-0.4, -0.2) is 63.8 Å². The largest absolute Gasteiger partial charge is 0.355 e. The minimum atomic E-state index is -0.0974. The van der Waals surface area contributed by atoms with Gasteiger partial charge in [0.25, 0.3) is 5.91 Å². The Balaban J connectivity index is 1.74. The number of amides is 2. The minimum Gasteiger partial charge on any atom is -0.355 e. The third-order valence-electron chi connectivity index (χ3n) is 5.17. The van der Waals surface area contributed by atoms with Crippen molar-refractivity contribution in [3.05, 3.63) is 18.0 Å². The lowest BCUT2D eigenvalue weighted by Gasteiger charge is -2.34. The molecule has 2 amide bonds. The fourth-order valence-corrected chi connectivity index (χ4v) is 3.42. The molecule has 1 saturated carbocycles. The zero-order chi connectivity index (χ0) is 18.7. The Morgan fingerprint density at radius 3 is 2.58 bits per heavy atom. The monoisotopic (exact) mass is 359 g/mol. The summed E-state index contributed by atoms with van der Waals surface area (Å²) in [4.78, 5) is 37.8. The van der Waals surface area contributed by atoms with Gasteiger partial charge in [0.05, 0.1) is 11.6 Å². The van der Waals surface area contributed by atoms with Crippen molar-refractivity contribution in [2.75, 3.05) is 31.5 Å². The lowest BCUT2D eigenvalue weighted by atomic mass is 10.0. The lowest BCUT2D eigenvalue weighted by molar-refractivity contribution is -0.133. The molecular weight excluding hydrogens is 330 g/mol. The summed E-state index contributed by atoms with van der Waals surface area (Å²) >= 11 is 0. The summed E-state index contributed by atoms with van der Waals surface area (Å²) in [5, 5.41) is 3.02. The fourth-order valence-electron chi connectivity index (χ4n) is 3.42. The van der Waals surface area contributed by atoms with Gasteiger partial charge >= 0.3 is 0 Å². The summed E-state index contributed by atoms with van der Waals surface area (Å²) in [6.45, 7) is 8.82. The van der Waals surface area contributed by atoms with Crippen LogP contribution in [0.5, 0.6) is 0 Å². The summed E-state index contributed by atoms with van der Waals surface area (Å²) in [7, 11) is 0. The van der Waals surface area contributed by atoms with E-state index < -0.39 is 0 Å². The highest BCUT2D eigenvalue weighted by molar-refractivity contribution is 5.94. The molecule has 1 atom stereocenters. The first-order chi connectivity index (χ1) is 12.5. The highest BCUT2D eigenvalue weighted by atomic mass is 16.2. The van der Waals surface area contributed by atoms with Gasteiger partial charge in [-0.05, 0) is 31.6 Å². The van der Waals surface area contributed by atoms with Crippen molar-refractivity contribution in [2.45, 2.75) is 46.1 Å². The molecule has 7 heteroatoms. The van der Waals surface area contributed by atoms with Crippen molar-refractivity contribution in [2.24, 2.45) is 11.8 Å². The average molecular weight is 359 g/mol. The van der Waals surface area contributed by atoms with Gasteiger partial charge in [0.15, 0.2) is 0 Å². The van der Waals surface area contributed by atoms with E-state index in [-0.39, 0.29) is 17.9 Å². The van der Waals surface area contributed by atoms with Crippen LogP contribution < -0.4 is 5.32 Å². The number of hydrogen-bond donors (Lipinski definition) is 1. The number of nitrogens with one attached hydrogen (secondary N) is 1. The first kappa shape index (κ1) is 18.6. The van der Waals surface area contributed by atoms with Gasteiger partial charge in [-0.2, -0.15) is 0 Å². The van der Waals surface area contributed by atoms with Gasteiger partial charge < -0.3 is 15.1 Å². The van der Waals surface area contributed by atoms with Crippen molar-refractivity contribution in [3.8, 4) is 0 Å². The topological polar surface area (TPSA) is 78.4 Å². The van der Waals surface area contributed by atoms with Crippen LogP contribution in [0, 0.1) is 11.8 Å². The molecule has 0 bridgehead atoms. The van der Waals surface area contributed by atoms with Crippen LogP contribution >= 0.6 is 0 Å². The molecule has 1 saturated heterocycles. The van der Waals surface area contributed by atoms with E-state index in [0.29, 0.717) is 42.9 Å². The van der Waals surface area contributed by atoms with Crippen LogP contribution in [0.4, 0.5) is 5.95 Å². The first-order valence-corrected chi connectivity index (χ1v) is 9.64. The maximum Gasteiger partial charge on any atom is 0.257 e. The lowest BCUT2D eigenvalue weighted by Crippen LogP contribution is -2.48. The summed E-state index contributed by atoms with van der Waals surface area (Å²) in [5.41, 5.74) is 0.470. The van der Waals surface area contributed by atoms with Gasteiger partial charge in [0, 0.05) is 45.0 Å². The predicted molar refractivity (Wildman–Crippen MR) is 99.8 cm³/mol. The molecule has 2 aliphatic rings. The average Bonchev–Trinajstić information content (AvgIpc) is 3.45. The maximum atomic E-state index is 12.9. The summed E-state index contributed by atoms with van der Waals surface area (Å²) in [6, 6.07) is 0.0662. The number of carbonyl (C=O) groups is 2. The van der Waals surface area contributed by atoms with Crippen LogP contribution in [0.1, 0.15) is 50.4 Å². The van der Waals surface area contributed by atoms with Crippen LogP contribution in [0.2, 0.25) is 0 Å². The zero-order valence-electron chi connectivity index (χ0n) is 15.9. The van der Waals surface area contributed by atoms with Crippen molar-refractivity contribution in [1.82, 2.24) is 19.8 Å². The Morgan fingerprint density at radius 2 is 2.00 bits per heavy atom. The molecule has 142 valence electrons. The SMILES string of the molecule is CCNc1ncc(C(=O)N2CCC(=O)N(CC3CC3)C(C(C)C)C2)cn1. The molecule has 3 rings (SSSR count). The summed E-state index contributed by atoms with van der Waals surface area (Å²) in [6.07, 6.45) is 5.94. The van der Waals surface area contributed by atoms with Gasteiger partial charge in [0.2, 0.25) is 11.9 Å². The Labute approximate surface area is 155 Å². The molecule has 1 aliphatic carbocycles. The standard InChI is InChI=1S/C19H29N5O2/c1-4-20-19-21-9-15(10-22-19)18(26)23-8-7-17(25)24(11-14-5-6-14)16(12-23)13(2)3/h9-10,13-14,16H,4-8,11-12H2,1-3H3,(H,20,21,22). The molecule has 1 aromatic heterocycles. The molecule has 26 heavy (non-hydrogen) atoms. The fraction of sp³-hybridized carbons (Fsp3) is 0.684. The van der Waals surface area contributed by atoms with E-state index in [1.54, 1.807) is 17.3 Å². The summed E-state index contributed by atoms with van der Waals surface area (Å²) in [5.74, 6) is 1.54. The predicted octanol–water partition coefficient (Wildman–Crippen LogP) is 2.02. The van der Waals surface area contributed by atoms with Crippen molar-refractivity contribution in [1.29, 1.82) is 0 Å². The molecule has 2 heterocycles. The van der Waals surface area contributed by atoms with Crippen molar-refractivity contribution in [3.63, 3.8) is 0 Å². The molecule has 1 aromatic rings. The van der Waals surface area contributed by atoms with Crippen molar-refractivity contribution >= 4 is 17.8 Å². The minimum absolute atomic E-state index is 0.0662. The second-order valence-corrected chi connectivity index (χ2v) is 7.63. The van der Waals surface area contributed by atoms with Crippen molar-refractivity contribution < 1.29 is 9.59 Å².